The summed E-state index contributed by atoms with van der Waals surface area (Å²) in [6.07, 6.45) is 6.03. The van der Waals surface area contributed by atoms with Gasteiger partial charge in [-0.2, -0.15) is 5.26 Å². The van der Waals surface area contributed by atoms with Gasteiger partial charge in [0, 0.05) is 12.8 Å². The molecule has 2 heteroatoms. The molecular formula is C9H17N2+. The van der Waals surface area contributed by atoms with Crippen LogP contribution in [0, 0.1) is 11.3 Å². The van der Waals surface area contributed by atoms with E-state index in [1.165, 1.54) is 38.9 Å². The maximum absolute atomic E-state index is 8.34. The van der Waals surface area contributed by atoms with Crippen LogP contribution in [0.4, 0.5) is 0 Å². The Balaban J connectivity index is 2.01. The molecule has 2 nitrogen and oxygen atoms in total. The summed E-state index contributed by atoms with van der Waals surface area (Å²) in [7, 11) is 0. The van der Waals surface area contributed by atoms with Gasteiger partial charge in [0.1, 0.15) is 0 Å². The van der Waals surface area contributed by atoms with Crippen molar-refractivity contribution in [2.45, 2.75) is 32.1 Å². The molecule has 1 fully saturated rings. The van der Waals surface area contributed by atoms with Crippen molar-refractivity contribution >= 4 is 0 Å². The molecule has 1 aliphatic heterocycles. The Kier molecular flexibility index (Phi) is 4.00. The van der Waals surface area contributed by atoms with Crippen LogP contribution in [0.25, 0.3) is 0 Å². The number of nitriles is 1. The lowest BCUT2D eigenvalue weighted by Gasteiger charge is -2.22. The fourth-order valence-corrected chi connectivity index (χ4v) is 1.72. The molecule has 1 heterocycles. The number of quaternary nitrogens is 1. The van der Waals surface area contributed by atoms with Crippen molar-refractivity contribution in [2.24, 2.45) is 0 Å². The molecule has 0 spiro atoms. The van der Waals surface area contributed by atoms with Crippen molar-refractivity contribution in [2.75, 3.05) is 19.6 Å². The zero-order chi connectivity index (χ0) is 7.94. The van der Waals surface area contributed by atoms with Gasteiger partial charge in [0.15, 0.2) is 0 Å². The van der Waals surface area contributed by atoms with E-state index in [0.29, 0.717) is 0 Å². The van der Waals surface area contributed by atoms with E-state index in [2.05, 4.69) is 6.07 Å². The van der Waals surface area contributed by atoms with Gasteiger partial charge in [0.2, 0.25) is 0 Å². The molecule has 0 saturated carbocycles. The summed E-state index contributed by atoms with van der Waals surface area (Å²) in [5, 5.41) is 8.34. The van der Waals surface area contributed by atoms with Gasteiger partial charge < -0.3 is 4.90 Å². The topological polar surface area (TPSA) is 28.2 Å². The maximum Gasteiger partial charge on any atom is 0.0780 e. The largest absolute Gasteiger partial charge is 0.335 e. The van der Waals surface area contributed by atoms with Gasteiger partial charge in [-0.05, 0) is 19.3 Å². The summed E-state index contributed by atoms with van der Waals surface area (Å²) < 4.78 is 0. The van der Waals surface area contributed by atoms with Crippen molar-refractivity contribution in [3.8, 4) is 6.07 Å². The number of piperidine rings is 1. The molecule has 1 rings (SSSR count). The first kappa shape index (κ1) is 8.55. The van der Waals surface area contributed by atoms with Gasteiger partial charge in [-0.15, -0.1) is 0 Å². The summed E-state index contributed by atoms with van der Waals surface area (Å²) in [5.74, 6) is 0. The van der Waals surface area contributed by atoms with Gasteiger partial charge in [0.25, 0.3) is 0 Å². The fraction of sp³-hybridized carbons (Fsp3) is 0.889. The van der Waals surface area contributed by atoms with Gasteiger partial charge >= 0.3 is 0 Å². The smallest absolute Gasteiger partial charge is 0.0780 e. The zero-order valence-corrected chi connectivity index (χ0v) is 7.10. The van der Waals surface area contributed by atoms with E-state index < -0.39 is 0 Å². The van der Waals surface area contributed by atoms with Crippen LogP contribution < -0.4 is 4.90 Å². The molecule has 1 saturated heterocycles. The SMILES string of the molecule is N#CCCC[NH+]1CCCCC1. The van der Waals surface area contributed by atoms with Crippen molar-refractivity contribution in [1.82, 2.24) is 0 Å². The Morgan fingerprint density at radius 3 is 2.55 bits per heavy atom. The van der Waals surface area contributed by atoms with Crippen LogP contribution in [-0.2, 0) is 0 Å². The van der Waals surface area contributed by atoms with Crippen LogP contribution in [-0.4, -0.2) is 19.6 Å². The van der Waals surface area contributed by atoms with Crippen LogP contribution in [0.1, 0.15) is 32.1 Å². The molecule has 0 atom stereocenters. The zero-order valence-electron chi connectivity index (χ0n) is 7.10. The minimum absolute atomic E-state index is 0.740. The van der Waals surface area contributed by atoms with E-state index in [1.807, 2.05) is 0 Å². The lowest BCUT2D eigenvalue weighted by Crippen LogP contribution is -3.12. The summed E-state index contributed by atoms with van der Waals surface area (Å²) >= 11 is 0. The highest BCUT2D eigenvalue weighted by Crippen LogP contribution is 1.94. The fourth-order valence-electron chi connectivity index (χ4n) is 1.72. The third kappa shape index (κ3) is 3.38. The molecular weight excluding hydrogens is 136 g/mol. The molecule has 1 N–H and O–H groups in total. The molecule has 1 aliphatic rings. The lowest BCUT2D eigenvalue weighted by atomic mass is 10.1. The Morgan fingerprint density at radius 2 is 1.91 bits per heavy atom. The van der Waals surface area contributed by atoms with Crippen molar-refractivity contribution in [3.05, 3.63) is 0 Å². The number of nitrogens with zero attached hydrogens (tertiary/aromatic N) is 1. The number of nitrogens with one attached hydrogen (secondary N) is 1. The van der Waals surface area contributed by atoms with E-state index in [-0.39, 0.29) is 0 Å². The summed E-state index contributed by atoms with van der Waals surface area (Å²) in [5.41, 5.74) is 0. The second kappa shape index (κ2) is 5.15. The predicted octanol–water partition coefficient (Wildman–Crippen LogP) is 0.359. The molecule has 0 bridgehead atoms. The average molecular weight is 153 g/mol. The molecule has 0 aromatic heterocycles. The normalized spacial score (nSPS) is 19.5. The Morgan fingerprint density at radius 1 is 1.18 bits per heavy atom. The van der Waals surface area contributed by atoms with Crippen LogP contribution in [0.2, 0.25) is 0 Å². The highest BCUT2D eigenvalue weighted by atomic mass is 15.1. The van der Waals surface area contributed by atoms with E-state index in [1.54, 1.807) is 4.90 Å². The average Bonchev–Trinajstić information content (AvgIpc) is 2.07. The number of hydrogen-bond acceptors (Lipinski definition) is 1. The van der Waals surface area contributed by atoms with Gasteiger partial charge in [0.05, 0.1) is 25.7 Å². The first-order valence-electron chi connectivity index (χ1n) is 4.64. The molecule has 11 heavy (non-hydrogen) atoms. The molecule has 0 aromatic carbocycles. The maximum atomic E-state index is 8.34. The van der Waals surface area contributed by atoms with Crippen LogP contribution in [0.5, 0.6) is 0 Å². The van der Waals surface area contributed by atoms with Crippen molar-refractivity contribution < 1.29 is 4.90 Å². The van der Waals surface area contributed by atoms with Crippen LogP contribution >= 0.6 is 0 Å². The van der Waals surface area contributed by atoms with E-state index in [0.717, 1.165) is 12.8 Å². The molecule has 0 amide bonds. The van der Waals surface area contributed by atoms with E-state index >= 15 is 0 Å². The Labute approximate surface area is 68.8 Å². The summed E-state index contributed by atoms with van der Waals surface area (Å²) in [4.78, 5) is 1.71. The monoisotopic (exact) mass is 153 g/mol. The number of likely N-dealkylation sites (tertiary alicyclic amines) is 1. The molecule has 62 valence electrons. The van der Waals surface area contributed by atoms with Crippen LogP contribution in [0.15, 0.2) is 0 Å². The van der Waals surface area contributed by atoms with Gasteiger partial charge in [-0.3, -0.25) is 0 Å². The van der Waals surface area contributed by atoms with Crippen LogP contribution in [0.3, 0.4) is 0 Å². The van der Waals surface area contributed by atoms with Crippen molar-refractivity contribution in [1.29, 1.82) is 5.26 Å². The standard InChI is InChI=1S/C9H16N2/c10-6-2-5-9-11-7-3-1-4-8-11/h1-5,7-9H2/p+1. The lowest BCUT2D eigenvalue weighted by molar-refractivity contribution is -0.905. The summed E-state index contributed by atoms with van der Waals surface area (Å²) in [6, 6.07) is 2.19. The minimum atomic E-state index is 0.740. The second-order valence-electron chi connectivity index (χ2n) is 3.32. The second-order valence-corrected chi connectivity index (χ2v) is 3.32. The summed E-state index contributed by atoms with van der Waals surface area (Å²) in [6.45, 7) is 3.89. The molecule has 0 unspecified atom stereocenters. The molecule has 0 radical (unpaired) electrons. The Bertz CT molecular complexity index is 131. The van der Waals surface area contributed by atoms with Crippen molar-refractivity contribution in [3.63, 3.8) is 0 Å². The first-order chi connectivity index (χ1) is 5.43. The van der Waals surface area contributed by atoms with Gasteiger partial charge in [-0.25, -0.2) is 0 Å². The minimum Gasteiger partial charge on any atom is -0.335 e. The highest BCUT2D eigenvalue weighted by Gasteiger charge is 2.11. The first-order valence-corrected chi connectivity index (χ1v) is 4.64. The molecule has 0 aliphatic carbocycles. The third-order valence-corrected chi connectivity index (χ3v) is 2.38. The van der Waals surface area contributed by atoms with E-state index in [4.69, 9.17) is 5.26 Å². The van der Waals surface area contributed by atoms with E-state index in [9.17, 15) is 0 Å². The third-order valence-electron chi connectivity index (χ3n) is 2.38. The van der Waals surface area contributed by atoms with Gasteiger partial charge in [-0.1, -0.05) is 0 Å². The highest BCUT2D eigenvalue weighted by molar-refractivity contribution is 4.67. The number of hydrogen-bond donors (Lipinski definition) is 1. The number of rotatable bonds is 3. The number of unbranched alkanes of at least 4 members (excludes halogenated alkanes) is 1. The quantitative estimate of drug-likeness (QED) is 0.583. The predicted molar refractivity (Wildman–Crippen MR) is 44.3 cm³/mol. The molecule has 0 aromatic rings. The Hall–Kier alpha value is -0.550.